The zero-order valence-electron chi connectivity index (χ0n) is 9.85. The van der Waals surface area contributed by atoms with Gasteiger partial charge in [0.05, 0.1) is 6.21 Å². The summed E-state index contributed by atoms with van der Waals surface area (Å²) in [6.45, 7) is 0. The third kappa shape index (κ3) is 4.32. The van der Waals surface area contributed by atoms with Crippen molar-refractivity contribution in [2.24, 2.45) is 10.8 Å². The van der Waals surface area contributed by atoms with Crippen molar-refractivity contribution in [2.45, 2.75) is 0 Å². The van der Waals surface area contributed by atoms with E-state index in [1.54, 1.807) is 36.8 Å². The molecule has 2 aromatic rings. The van der Waals surface area contributed by atoms with Crippen molar-refractivity contribution in [3.8, 4) is 11.8 Å². The van der Waals surface area contributed by atoms with Crippen molar-refractivity contribution < 1.29 is 4.74 Å². The number of rotatable bonds is 4. The maximum absolute atomic E-state index is 5.49. The monoisotopic (exact) mass is 273 g/mol. The van der Waals surface area contributed by atoms with Gasteiger partial charge < -0.3 is 10.5 Å². The molecule has 19 heavy (non-hydrogen) atoms. The molecule has 1 aromatic heterocycles. The summed E-state index contributed by atoms with van der Waals surface area (Å²) in [5, 5.41) is 3.97. The van der Waals surface area contributed by atoms with Crippen LogP contribution in [0.5, 0.6) is 11.8 Å². The molecular weight excluding hydrogens is 262 g/mol. The molecule has 1 aromatic carbocycles. The van der Waals surface area contributed by atoms with E-state index in [1.165, 1.54) is 0 Å². The van der Waals surface area contributed by atoms with Gasteiger partial charge >= 0.3 is 6.01 Å². The molecule has 0 saturated heterocycles. The lowest BCUT2D eigenvalue weighted by Crippen LogP contribution is -2.23. The first-order valence-corrected chi connectivity index (χ1v) is 5.78. The van der Waals surface area contributed by atoms with Gasteiger partial charge in [-0.25, -0.2) is 9.97 Å². The minimum absolute atomic E-state index is 0.112. The molecule has 0 saturated carbocycles. The summed E-state index contributed by atoms with van der Waals surface area (Å²) in [7, 11) is 0. The number of nitrogens with one attached hydrogen (secondary N) is 1. The van der Waals surface area contributed by atoms with E-state index in [1.807, 2.05) is 12.1 Å². The van der Waals surface area contributed by atoms with Crippen LogP contribution in [0.25, 0.3) is 0 Å². The highest BCUT2D eigenvalue weighted by atomic mass is 32.1. The van der Waals surface area contributed by atoms with Crippen molar-refractivity contribution in [2.75, 3.05) is 0 Å². The number of nitrogens with two attached hydrogens (primary N) is 1. The van der Waals surface area contributed by atoms with Gasteiger partial charge in [0.1, 0.15) is 5.75 Å². The van der Waals surface area contributed by atoms with E-state index in [2.05, 4.69) is 32.7 Å². The topological polar surface area (TPSA) is 85.4 Å². The Balaban J connectivity index is 2.07. The molecule has 6 nitrogen and oxygen atoms in total. The van der Waals surface area contributed by atoms with Crippen LogP contribution in [0.3, 0.4) is 0 Å². The Morgan fingerprint density at radius 1 is 1.32 bits per heavy atom. The Morgan fingerprint density at radius 2 is 2.11 bits per heavy atom. The van der Waals surface area contributed by atoms with Gasteiger partial charge in [0.25, 0.3) is 0 Å². The number of hydrogen-bond donors (Lipinski definition) is 2. The smallest absolute Gasteiger partial charge is 0.321 e. The highest BCUT2D eigenvalue weighted by molar-refractivity contribution is 7.80. The molecule has 7 heteroatoms. The Kier molecular flexibility index (Phi) is 4.35. The number of benzene rings is 1. The van der Waals surface area contributed by atoms with Gasteiger partial charge in [-0.05, 0) is 36.0 Å². The van der Waals surface area contributed by atoms with E-state index in [-0.39, 0.29) is 11.1 Å². The van der Waals surface area contributed by atoms with Crippen molar-refractivity contribution in [1.82, 2.24) is 15.4 Å². The van der Waals surface area contributed by atoms with Crippen LogP contribution in [0.15, 0.2) is 47.8 Å². The second-order valence-corrected chi connectivity index (χ2v) is 3.88. The third-order valence-electron chi connectivity index (χ3n) is 2.00. The number of hydrogen-bond acceptors (Lipinski definition) is 5. The highest BCUT2D eigenvalue weighted by Gasteiger charge is 1.99. The average Bonchev–Trinajstić information content (AvgIpc) is 2.40. The summed E-state index contributed by atoms with van der Waals surface area (Å²) in [5.41, 5.74) is 8.56. The first-order chi connectivity index (χ1) is 9.24. The lowest BCUT2D eigenvalue weighted by Gasteiger charge is -2.03. The van der Waals surface area contributed by atoms with Crippen LogP contribution in [0.4, 0.5) is 0 Å². The molecule has 1 heterocycles. The largest absolute Gasteiger partial charge is 0.424 e. The molecule has 0 bridgehead atoms. The van der Waals surface area contributed by atoms with Gasteiger partial charge in [-0.3, -0.25) is 5.43 Å². The minimum atomic E-state index is 0.112. The number of nitrogens with zero attached hydrogens (tertiary/aromatic N) is 3. The fourth-order valence-corrected chi connectivity index (χ4v) is 1.33. The molecule has 0 aliphatic rings. The zero-order chi connectivity index (χ0) is 13.5. The second-order valence-electron chi connectivity index (χ2n) is 3.44. The Labute approximate surface area is 115 Å². The van der Waals surface area contributed by atoms with Crippen molar-refractivity contribution in [3.63, 3.8) is 0 Å². The Hall–Kier alpha value is -2.54. The van der Waals surface area contributed by atoms with Crippen LogP contribution in [0.2, 0.25) is 0 Å². The summed E-state index contributed by atoms with van der Waals surface area (Å²) in [6, 6.07) is 9.30. The first kappa shape index (κ1) is 12.9. The van der Waals surface area contributed by atoms with E-state index in [4.69, 9.17) is 10.5 Å². The number of ether oxygens (including phenoxy) is 1. The van der Waals surface area contributed by atoms with E-state index < -0.39 is 0 Å². The van der Waals surface area contributed by atoms with Crippen LogP contribution in [-0.4, -0.2) is 21.3 Å². The molecule has 0 atom stereocenters. The Morgan fingerprint density at radius 3 is 2.84 bits per heavy atom. The number of hydrazone groups is 1. The molecule has 0 amide bonds. The fourth-order valence-electron chi connectivity index (χ4n) is 1.27. The van der Waals surface area contributed by atoms with Crippen LogP contribution in [-0.2, 0) is 0 Å². The summed E-state index contributed by atoms with van der Waals surface area (Å²) >= 11 is 4.64. The predicted molar refractivity (Wildman–Crippen MR) is 76.1 cm³/mol. The highest BCUT2D eigenvalue weighted by Crippen LogP contribution is 2.17. The van der Waals surface area contributed by atoms with Gasteiger partial charge in [-0.1, -0.05) is 12.1 Å². The fraction of sp³-hybridized carbons (Fsp3) is 0. The average molecular weight is 273 g/mol. The summed E-state index contributed by atoms with van der Waals surface area (Å²) in [5.74, 6) is 0.616. The molecule has 0 fully saturated rings. The predicted octanol–water partition coefficient (Wildman–Crippen LogP) is 1.44. The van der Waals surface area contributed by atoms with Crippen LogP contribution >= 0.6 is 12.2 Å². The number of aromatic nitrogens is 2. The molecule has 0 radical (unpaired) electrons. The van der Waals surface area contributed by atoms with Gasteiger partial charge in [0, 0.05) is 12.4 Å². The molecule has 2 rings (SSSR count). The van der Waals surface area contributed by atoms with E-state index in [9.17, 15) is 0 Å². The lowest BCUT2D eigenvalue weighted by atomic mass is 10.2. The van der Waals surface area contributed by atoms with Gasteiger partial charge in [-0.15, -0.1) is 0 Å². The van der Waals surface area contributed by atoms with E-state index in [0.717, 1.165) is 5.56 Å². The van der Waals surface area contributed by atoms with Crippen molar-refractivity contribution in [1.29, 1.82) is 0 Å². The van der Waals surface area contributed by atoms with Crippen molar-refractivity contribution in [3.05, 3.63) is 48.3 Å². The van der Waals surface area contributed by atoms with Gasteiger partial charge in [0.15, 0.2) is 5.11 Å². The van der Waals surface area contributed by atoms with Crippen LogP contribution in [0, 0.1) is 0 Å². The third-order valence-corrected chi connectivity index (χ3v) is 2.09. The van der Waals surface area contributed by atoms with Crippen LogP contribution in [0.1, 0.15) is 5.56 Å². The summed E-state index contributed by atoms with van der Waals surface area (Å²) in [6.07, 6.45) is 4.80. The lowest BCUT2D eigenvalue weighted by molar-refractivity contribution is 0.441. The van der Waals surface area contributed by atoms with E-state index in [0.29, 0.717) is 5.75 Å². The summed E-state index contributed by atoms with van der Waals surface area (Å²) < 4.78 is 5.49. The van der Waals surface area contributed by atoms with Gasteiger partial charge in [0.2, 0.25) is 0 Å². The normalized spacial score (nSPS) is 10.3. The molecule has 0 aliphatic carbocycles. The molecule has 96 valence electrons. The minimum Gasteiger partial charge on any atom is -0.424 e. The van der Waals surface area contributed by atoms with Gasteiger partial charge in [-0.2, -0.15) is 5.10 Å². The standard InChI is InChI=1S/C12H11N5OS/c13-11(19)17-16-8-9-3-1-4-10(7-9)18-12-14-5-2-6-15-12/h1-8H,(H3,13,17,19). The maximum atomic E-state index is 5.49. The molecular formula is C12H11N5OS. The second kappa shape index (κ2) is 6.41. The summed E-state index contributed by atoms with van der Waals surface area (Å²) in [4.78, 5) is 7.95. The molecule has 3 N–H and O–H groups in total. The zero-order valence-corrected chi connectivity index (χ0v) is 10.7. The van der Waals surface area contributed by atoms with Crippen LogP contribution < -0.4 is 15.9 Å². The van der Waals surface area contributed by atoms with E-state index >= 15 is 0 Å². The van der Waals surface area contributed by atoms with Crippen molar-refractivity contribution >= 4 is 23.5 Å². The Bertz CT molecular complexity index is 588. The maximum Gasteiger partial charge on any atom is 0.321 e. The quantitative estimate of drug-likeness (QED) is 0.498. The SMILES string of the molecule is NC(=S)NN=Cc1cccc(Oc2ncccn2)c1. The first-order valence-electron chi connectivity index (χ1n) is 5.37. The molecule has 0 aliphatic heterocycles. The molecule has 0 spiro atoms. The molecule has 0 unspecified atom stereocenters. The number of thiocarbonyl (C=S) groups is 1.